The molecule has 0 heterocycles. The highest BCUT2D eigenvalue weighted by molar-refractivity contribution is 7.86. The molecule has 4 aromatic carbocycles. The molecule has 0 aliphatic carbocycles. The van der Waals surface area contributed by atoms with Crippen LogP contribution in [0.15, 0.2) is 83.8 Å². The Balaban J connectivity index is 1.67. The average Bonchev–Trinajstić information content (AvgIpc) is 2.98. The van der Waals surface area contributed by atoms with Crippen LogP contribution in [-0.2, 0) is 14.3 Å². The van der Waals surface area contributed by atoms with Crippen molar-refractivity contribution in [1.82, 2.24) is 0 Å². The number of ether oxygens (including phenoxy) is 3. The van der Waals surface area contributed by atoms with Crippen LogP contribution in [-0.4, -0.2) is 34.8 Å². The van der Waals surface area contributed by atoms with E-state index in [9.17, 15) is 34.8 Å². The van der Waals surface area contributed by atoms with Gasteiger partial charge in [-0.2, -0.15) is 8.42 Å². The summed E-state index contributed by atoms with van der Waals surface area (Å²) < 4.78 is 130. The normalized spacial score (nSPS) is 11.8. The Kier molecular flexibility index (Phi) is 9.87. The molecule has 0 atom stereocenters. The zero-order valence-electron chi connectivity index (χ0n) is 22.5. The molecule has 43 heavy (non-hydrogen) atoms. The molecule has 0 N–H and O–H groups in total. The fourth-order valence-corrected chi connectivity index (χ4v) is 4.65. The second-order valence-electron chi connectivity index (χ2n) is 9.62. The topological polar surface area (TPSA) is 71.1 Å². The van der Waals surface area contributed by atoms with Crippen molar-refractivity contribution in [1.29, 1.82) is 0 Å². The summed E-state index contributed by atoms with van der Waals surface area (Å²) >= 11 is 0. The van der Waals surface area contributed by atoms with Crippen LogP contribution < -0.4 is 14.2 Å². The van der Waals surface area contributed by atoms with Crippen molar-refractivity contribution in [2.45, 2.75) is 11.8 Å². The Morgan fingerprint density at radius 2 is 0.907 bits per heavy atom. The molecule has 0 unspecified atom stereocenters. The van der Waals surface area contributed by atoms with Gasteiger partial charge in [-0.25, -0.2) is 26.3 Å². The number of hydrogen-bond acceptors (Lipinski definition) is 6. The predicted molar refractivity (Wildman–Crippen MR) is 142 cm³/mol. The summed E-state index contributed by atoms with van der Waals surface area (Å²) in [6, 6.07) is 13.7. The highest BCUT2D eigenvalue weighted by Crippen LogP contribution is 2.29. The lowest BCUT2D eigenvalue weighted by atomic mass is 9.92. The van der Waals surface area contributed by atoms with Crippen molar-refractivity contribution in [3.05, 3.63) is 119 Å². The van der Waals surface area contributed by atoms with E-state index in [2.05, 4.69) is 0 Å². The maximum atomic E-state index is 13.9. The Labute approximate surface area is 243 Å². The summed E-state index contributed by atoms with van der Waals surface area (Å²) in [6.45, 7) is -0.568. The summed E-state index contributed by atoms with van der Waals surface area (Å²) in [5.41, 5.74) is -0.869. The first-order chi connectivity index (χ1) is 20.4. The van der Waals surface area contributed by atoms with E-state index in [-0.39, 0.29) is 22.1 Å². The van der Waals surface area contributed by atoms with Crippen LogP contribution in [0.5, 0.6) is 17.2 Å². The zero-order chi connectivity index (χ0) is 31.2. The van der Waals surface area contributed by atoms with Gasteiger partial charge in [0.05, 0.1) is 16.9 Å². The molecular formula is C30H24F6O6S. The van der Waals surface area contributed by atoms with E-state index in [4.69, 9.17) is 18.4 Å². The summed E-state index contributed by atoms with van der Waals surface area (Å²) in [5.74, 6) is -7.59. The van der Waals surface area contributed by atoms with Gasteiger partial charge >= 0.3 is 0 Å². The molecule has 6 nitrogen and oxygen atoms in total. The van der Waals surface area contributed by atoms with E-state index < -0.39 is 76.9 Å². The minimum atomic E-state index is -4.39. The SMILES string of the molecule is Cc1ccc(S(=O)(=O)OCC(COc2ccc(F)c(F)c2)(COc2ccc(F)c(F)c2)COc2ccc(F)c(F)c2)cc1. The lowest BCUT2D eigenvalue weighted by Crippen LogP contribution is -2.45. The van der Waals surface area contributed by atoms with Crippen LogP contribution in [0.2, 0.25) is 0 Å². The Morgan fingerprint density at radius 3 is 1.26 bits per heavy atom. The molecule has 4 rings (SSSR count). The monoisotopic (exact) mass is 626 g/mol. The number of benzene rings is 4. The fourth-order valence-electron chi connectivity index (χ4n) is 3.63. The molecule has 0 bridgehead atoms. The van der Waals surface area contributed by atoms with Gasteiger partial charge in [-0.15, -0.1) is 0 Å². The highest BCUT2D eigenvalue weighted by atomic mass is 32.2. The molecule has 0 amide bonds. The second-order valence-corrected chi connectivity index (χ2v) is 11.2. The largest absolute Gasteiger partial charge is 0.493 e. The van der Waals surface area contributed by atoms with E-state index in [0.29, 0.717) is 0 Å². The average molecular weight is 627 g/mol. The van der Waals surface area contributed by atoms with Crippen LogP contribution >= 0.6 is 0 Å². The highest BCUT2D eigenvalue weighted by Gasteiger charge is 2.37. The van der Waals surface area contributed by atoms with Crippen molar-refractivity contribution in [3.63, 3.8) is 0 Å². The maximum Gasteiger partial charge on any atom is 0.296 e. The van der Waals surface area contributed by atoms with E-state index in [1.54, 1.807) is 19.1 Å². The van der Waals surface area contributed by atoms with Crippen molar-refractivity contribution < 1.29 is 53.2 Å². The van der Waals surface area contributed by atoms with E-state index in [0.717, 1.165) is 60.2 Å². The summed E-state index contributed by atoms with van der Waals surface area (Å²) in [6.07, 6.45) is 0. The Hall–Kier alpha value is -4.23. The van der Waals surface area contributed by atoms with Crippen LogP contribution in [0.1, 0.15) is 5.56 Å². The summed E-state index contributed by atoms with van der Waals surface area (Å²) in [5, 5.41) is 0. The second kappa shape index (κ2) is 13.4. The molecule has 228 valence electrons. The minimum absolute atomic E-state index is 0.162. The first kappa shape index (κ1) is 31.7. The number of halogens is 6. The standard InChI is InChI=1S/C30H24F6O6S/c1-19-2-7-23(8-3-19)43(37,38)42-18-30(15-39-20-4-9-24(31)27(34)12-20,16-40-21-5-10-25(32)28(35)13-21)17-41-22-6-11-26(33)29(36)14-22/h2-14H,15-18H2,1H3. The van der Waals surface area contributed by atoms with Crippen LogP contribution in [0.25, 0.3) is 0 Å². The van der Waals surface area contributed by atoms with Crippen LogP contribution in [0.3, 0.4) is 0 Å². The number of hydrogen-bond donors (Lipinski definition) is 0. The third-order valence-corrected chi connectivity index (χ3v) is 7.42. The molecule has 0 saturated carbocycles. The van der Waals surface area contributed by atoms with Crippen molar-refractivity contribution in [2.75, 3.05) is 26.4 Å². The third-order valence-electron chi connectivity index (χ3n) is 6.14. The molecule has 13 heteroatoms. The van der Waals surface area contributed by atoms with Gasteiger partial charge in [-0.05, 0) is 55.5 Å². The fraction of sp³-hybridized carbons (Fsp3) is 0.200. The molecule has 0 aliphatic rings. The number of aryl methyl sites for hydroxylation is 1. The lowest BCUT2D eigenvalue weighted by Gasteiger charge is -2.32. The van der Waals surface area contributed by atoms with Gasteiger partial charge in [0.2, 0.25) is 0 Å². The molecule has 0 spiro atoms. The first-order valence-electron chi connectivity index (χ1n) is 12.6. The third kappa shape index (κ3) is 8.42. The van der Waals surface area contributed by atoms with Gasteiger partial charge in [0.1, 0.15) is 37.1 Å². The lowest BCUT2D eigenvalue weighted by molar-refractivity contribution is -0.00197. The van der Waals surface area contributed by atoms with Gasteiger partial charge in [-0.3, -0.25) is 4.18 Å². The van der Waals surface area contributed by atoms with Crippen molar-refractivity contribution in [2.24, 2.45) is 5.41 Å². The van der Waals surface area contributed by atoms with Gasteiger partial charge in [0.15, 0.2) is 34.9 Å². The Morgan fingerprint density at radius 1 is 0.535 bits per heavy atom. The molecule has 0 fully saturated rings. The quantitative estimate of drug-likeness (QED) is 0.121. The molecule has 0 radical (unpaired) electrons. The smallest absolute Gasteiger partial charge is 0.296 e. The Bertz CT molecular complexity index is 1550. The molecule has 0 aromatic heterocycles. The van der Waals surface area contributed by atoms with Gasteiger partial charge in [0, 0.05) is 18.2 Å². The van der Waals surface area contributed by atoms with E-state index >= 15 is 0 Å². The van der Waals surface area contributed by atoms with Crippen molar-refractivity contribution in [3.8, 4) is 17.2 Å². The minimum Gasteiger partial charge on any atom is -0.493 e. The summed E-state index contributed by atoms with van der Waals surface area (Å²) in [4.78, 5) is -0.184. The molecule has 0 aliphatic heterocycles. The maximum absolute atomic E-state index is 13.9. The van der Waals surface area contributed by atoms with E-state index in [1.807, 2.05) is 0 Å². The van der Waals surface area contributed by atoms with Crippen molar-refractivity contribution >= 4 is 10.1 Å². The van der Waals surface area contributed by atoms with E-state index in [1.165, 1.54) is 12.1 Å². The summed E-state index contributed by atoms with van der Waals surface area (Å²) in [7, 11) is -4.39. The zero-order valence-corrected chi connectivity index (χ0v) is 23.3. The predicted octanol–water partition coefficient (Wildman–Crippen LogP) is 6.76. The van der Waals surface area contributed by atoms with Gasteiger partial charge in [-0.1, -0.05) is 17.7 Å². The van der Waals surface area contributed by atoms with Gasteiger partial charge < -0.3 is 14.2 Å². The van der Waals surface area contributed by atoms with Crippen LogP contribution in [0, 0.1) is 47.2 Å². The van der Waals surface area contributed by atoms with Gasteiger partial charge in [0.25, 0.3) is 10.1 Å². The van der Waals surface area contributed by atoms with Crippen LogP contribution in [0.4, 0.5) is 26.3 Å². The molecule has 4 aromatic rings. The first-order valence-corrected chi connectivity index (χ1v) is 14.0. The number of rotatable bonds is 13. The molecule has 0 saturated heterocycles. The molecular weight excluding hydrogens is 602 g/mol.